The Hall–Kier alpha value is -3.86. The van der Waals surface area contributed by atoms with E-state index in [1.165, 1.54) is 19.0 Å². The van der Waals surface area contributed by atoms with Crippen LogP contribution >= 0.6 is 0 Å². The maximum absolute atomic E-state index is 13.0. The zero-order chi connectivity index (χ0) is 24.7. The van der Waals surface area contributed by atoms with Crippen LogP contribution < -0.4 is 9.62 Å². The molecule has 4 heterocycles. The van der Waals surface area contributed by atoms with Crippen LogP contribution in [0, 0.1) is 0 Å². The fourth-order valence-corrected chi connectivity index (χ4v) is 6.33. The maximum atomic E-state index is 13.0. The first kappa shape index (κ1) is 22.6. The van der Waals surface area contributed by atoms with E-state index in [-0.39, 0.29) is 10.9 Å². The Morgan fingerprint density at radius 1 is 1.08 bits per heavy atom. The monoisotopic (exact) mass is 502 g/mol. The van der Waals surface area contributed by atoms with Crippen molar-refractivity contribution in [2.24, 2.45) is 0 Å². The molecule has 10 nitrogen and oxygen atoms in total. The molecule has 1 atom stereocenters. The molecule has 11 heteroatoms. The molecule has 3 aromatic heterocycles. The molecule has 184 valence electrons. The molecule has 0 saturated heterocycles. The summed E-state index contributed by atoms with van der Waals surface area (Å²) in [6.45, 7) is 2.15. The molecule has 1 N–H and O–H groups in total. The Bertz CT molecular complexity index is 1500. The van der Waals surface area contributed by atoms with E-state index in [0.29, 0.717) is 23.1 Å². The van der Waals surface area contributed by atoms with Crippen LogP contribution in [0.4, 0.5) is 11.5 Å². The van der Waals surface area contributed by atoms with Crippen LogP contribution in [0.25, 0.3) is 17.1 Å². The molecule has 1 saturated carbocycles. The van der Waals surface area contributed by atoms with Gasteiger partial charge >= 0.3 is 0 Å². The fourth-order valence-electron chi connectivity index (χ4n) is 5.25. The number of nitrogens with one attached hydrogen (secondary N) is 1. The number of benzene rings is 1. The Labute approximate surface area is 209 Å². The highest BCUT2D eigenvalue weighted by Gasteiger charge is 2.38. The Morgan fingerprint density at radius 3 is 2.67 bits per heavy atom. The number of fused-ring (bicyclic) bond motifs is 3. The van der Waals surface area contributed by atoms with Crippen molar-refractivity contribution in [1.29, 1.82) is 0 Å². The molecule has 4 aromatic rings. The van der Waals surface area contributed by atoms with Crippen LogP contribution in [0.15, 0.2) is 66.2 Å². The fraction of sp³-hybridized carbons (Fsp3) is 0.320. The van der Waals surface area contributed by atoms with E-state index >= 15 is 0 Å². The van der Waals surface area contributed by atoms with Crippen LogP contribution in [0.3, 0.4) is 0 Å². The summed E-state index contributed by atoms with van der Waals surface area (Å²) in [6.07, 6.45) is 12.0. The number of pyridine rings is 1. The zero-order valence-electron chi connectivity index (χ0n) is 19.8. The quantitative estimate of drug-likeness (QED) is 0.418. The van der Waals surface area contributed by atoms with Gasteiger partial charge in [-0.2, -0.15) is 0 Å². The second-order valence-corrected chi connectivity index (χ2v) is 10.8. The molecule has 1 fully saturated rings. The SMILES string of the molecule is CCC1c2nncn2-c2cnc(-c3ccncc3NS(=O)(=O)c3ccccc3)nc2N1C1CCCC1. The van der Waals surface area contributed by atoms with Crippen molar-refractivity contribution >= 4 is 21.5 Å². The van der Waals surface area contributed by atoms with E-state index in [2.05, 4.69) is 36.7 Å². The summed E-state index contributed by atoms with van der Waals surface area (Å²) < 4.78 is 30.7. The van der Waals surface area contributed by atoms with Crippen molar-refractivity contribution in [2.75, 3.05) is 9.62 Å². The van der Waals surface area contributed by atoms with Gasteiger partial charge in [-0.1, -0.05) is 38.0 Å². The predicted octanol–water partition coefficient (Wildman–Crippen LogP) is 4.13. The van der Waals surface area contributed by atoms with Crippen LogP contribution in [-0.2, 0) is 10.0 Å². The minimum Gasteiger partial charge on any atom is -0.342 e. The van der Waals surface area contributed by atoms with Gasteiger partial charge in [0.2, 0.25) is 0 Å². The molecule has 0 bridgehead atoms. The lowest BCUT2D eigenvalue weighted by atomic mass is 10.0. The van der Waals surface area contributed by atoms with Gasteiger partial charge in [-0.05, 0) is 37.5 Å². The van der Waals surface area contributed by atoms with E-state index in [1.54, 1.807) is 55.1 Å². The summed E-state index contributed by atoms with van der Waals surface area (Å²) in [5.41, 5.74) is 1.71. The third-order valence-electron chi connectivity index (χ3n) is 6.93. The van der Waals surface area contributed by atoms with Gasteiger partial charge in [0, 0.05) is 17.8 Å². The lowest BCUT2D eigenvalue weighted by molar-refractivity contribution is 0.469. The number of nitrogens with zero attached hydrogens (tertiary/aromatic N) is 7. The largest absolute Gasteiger partial charge is 0.342 e. The molecule has 1 unspecified atom stereocenters. The van der Waals surface area contributed by atoms with E-state index in [0.717, 1.165) is 36.6 Å². The normalized spacial score (nSPS) is 17.6. The number of sulfonamides is 1. The van der Waals surface area contributed by atoms with Crippen LogP contribution in [-0.4, -0.2) is 44.2 Å². The highest BCUT2D eigenvalue weighted by molar-refractivity contribution is 7.92. The first-order valence-electron chi connectivity index (χ1n) is 12.1. The average molecular weight is 503 g/mol. The minimum absolute atomic E-state index is 0.0549. The lowest BCUT2D eigenvalue weighted by Gasteiger charge is -2.40. The van der Waals surface area contributed by atoms with Gasteiger partial charge in [-0.3, -0.25) is 14.3 Å². The smallest absolute Gasteiger partial charge is 0.261 e. The first-order chi connectivity index (χ1) is 17.6. The molecular weight excluding hydrogens is 476 g/mol. The molecule has 0 spiro atoms. The Kier molecular flexibility index (Phi) is 5.63. The molecule has 2 aliphatic rings. The molecule has 1 aliphatic heterocycles. The molecule has 0 amide bonds. The molecule has 36 heavy (non-hydrogen) atoms. The van der Waals surface area contributed by atoms with Crippen molar-refractivity contribution in [2.45, 2.75) is 56.0 Å². The summed E-state index contributed by atoms with van der Waals surface area (Å²) >= 11 is 0. The Balaban J connectivity index is 1.45. The molecular formula is C25H26N8O2S. The topological polar surface area (TPSA) is 119 Å². The summed E-state index contributed by atoms with van der Waals surface area (Å²) in [4.78, 5) is 16.4. The van der Waals surface area contributed by atoms with Crippen LogP contribution in [0.5, 0.6) is 0 Å². The molecule has 0 radical (unpaired) electrons. The molecule has 1 aliphatic carbocycles. The van der Waals surface area contributed by atoms with Gasteiger partial charge in [0.1, 0.15) is 12.0 Å². The summed E-state index contributed by atoms with van der Waals surface area (Å²) in [5, 5.41) is 8.60. The number of anilines is 2. The Morgan fingerprint density at radius 2 is 1.89 bits per heavy atom. The van der Waals surface area contributed by atoms with E-state index in [4.69, 9.17) is 4.98 Å². The number of hydrogen-bond donors (Lipinski definition) is 1. The number of rotatable bonds is 6. The highest BCUT2D eigenvalue weighted by atomic mass is 32.2. The third-order valence-corrected chi connectivity index (χ3v) is 8.31. The summed E-state index contributed by atoms with van der Waals surface area (Å²) in [5.74, 6) is 2.14. The van der Waals surface area contributed by atoms with Gasteiger partial charge in [-0.25, -0.2) is 18.4 Å². The second-order valence-electron chi connectivity index (χ2n) is 9.07. The minimum atomic E-state index is -3.81. The van der Waals surface area contributed by atoms with Crippen molar-refractivity contribution in [3.05, 3.63) is 67.1 Å². The summed E-state index contributed by atoms with van der Waals surface area (Å²) in [6, 6.07) is 10.4. The first-order valence-corrected chi connectivity index (χ1v) is 13.6. The van der Waals surface area contributed by atoms with E-state index < -0.39 is 10.0 Å². The van der Waals surface area contributed by atoms with Crippen molar-refractivity contribution < 1.29 is 8.42 Å². The maximum Gasteiger partial charge on any atom is 0.261 e. The molecule has 6 rings (SSSR count). The summed E-state index contributed by atoms with van der Waals surface area (Å²) in [7, 11) is -3.81. The van der Waals surface area contributed by atoms with Crippen molar-refractivity contribution in [1.82, 2.24) is 29.7 Å². The number of hydrogen-bond acceptors (Lipinski definition) is 8. The van der Waals surface area contributed by atoms with Gasteiger partial charge in [0.25, 0.3) is 10.0 Å². The predicted molar refractivity (Wildman–Crippen MR) is 135 cm³/mol. The van der Waals surface area contributed by atoms with Gasteiger partial charge in [-0.15, -0.1) is 10.2 Å². The standard InChI is InChI=1S/C25H26N8O2S/c1-2-21-25-30-28-16-32(25)22-15-27-23(29-24(22)33(21)17-8-6-7-9-17)19-12-13-26-14-20(19)31-36(34,35)18-10-4-3-5-11-18/h3-5,10-17,21,31H,2,6-9H2,1H3. The second kappa shape index (κ2) is 8.98. The van der Waals surface area contributed by atoms with Crippen LogP contribution in [0.2, 0.25) is 0 Å². The van der Waals surface area contributed by atoms with Gasteiger partial charge < -0.3 is 4.90 Å². The zero-order valence-corrected chi connectivity index (χ0v) is 20.6. The van der Waals surface area contributed by atoms with Gasteiger partial charge in [0.15, 0.2) is 17.5 Å². The molecule has 1 aromatic carbocycles. The van der Waals surface area contributed by atoms with E-state index in [9.17, 15) is 8.42 Å². The van der Waals surface area contributed by atoms with Crippen molar-refractivity contribution in [3.63, 3.8) is 0 Å². The highest BCUT2D eigenvalue weighted by Crippen LogP contribution is 2.43. The van der Waals surface area contributed by atoms with Crippen molar-refractivity contribution in [3.8, 4) is 17.1 Å². The average Bonchev–Trinajstić information content (AvgIpc) is 3.61. The van der Waals surface area contributed by atoms with E-state index in [1.807, 2.05) is 4.57 Å². The van der Waals surface area contributed by atoms with Crippen LogP contribution in [0.1, 0.15) is 50.9 Å². The third kappa shape index (κ3) is 3.79. The lowest BCUT2D eigenvalue weighted by Crippen LogP contribution is -2.42. The van der Waals surface area contributed by atoms with Gasteiger partial charge in [0.05, 0.1) is 29.0 Å². The number of aromatic nitrogens is 6.